The van der Waals surface area contributed by atoms with E-state index in [9.17, 15) is 19.2 Å². The highest BCUT2D eigenvalue weighted by atomic mass is 16.5. The number of hydrogen-bond acceptors (Lipinski definition) is 5. The molecule has 2 heterocycles. The molecule has 9 nitrogen and oxygen atoms in total. The molecule has 3 N–H and O–H groups in total. The summed E-state index contributed by atoms with van der Waals surface area (Å²) in [5, 5.41) is 3.36. The summed E-state index contributed by atoms with van der Waals surface area (Å²) in [6.07, 6.45) is 0.307. The summed E-state index contributed by atoms with van der Waals surface area (Å²) >= 11 is 0. The molecular weight excluding hydrogens is 376 g/mol. The number of H-pyrrole nitrogens is 1. The number of benzene rings is 1. The van der Waals surface area contributed by atoms with Crippen molar-refractivity contribution in [1.82, 2.24) is 20.7 Å². The second-order valence-corrected chi connectivity index (χ2v) is 6.75. The lowest BCUT2D eigenvalue weighted by Crippen LogP contribution is -2.48. The van der Waals surface area contributed by atoms with Crippen molar-refractivity contribution >= 4 is 23.8 Å². The maximum absolute atomic E-state index is 13.1. The van der Waals surface area contributed by atoms with Crippen molar-refractivity contribution < 1.29 is 23.9 Å². The third kappa shape index (κ3) is 3.14. The molecule has 2 aromatic rings. The van der Waals surface area contributed by atoms with Gasteiger partial charge in [0, 0.05) is 5.69 Å². The highest BCUT2D eigenvalue weighted by Crippen LogP contribution is 2.31. The minimum Gasteiger partial charge on any atom is -0.465 e. The van der Waals surface area contributed by atoms with Gasteiger partial charge >= 0.3 is 12.0 Å². The molecule has 0 aliphatic carbocycles. The van der Waals surface area contributed by atoms with Gasteiger partial charge < -0.3 is 15.0 Å². The lowest BCUT2D eigenvalue weighted by molar-refractivity contribution is -0.133. The fraction of sp³-hybridized carbons (Fsp3) is 0.300. The van der Waals surface area contributed by atoms with Crippen molar-refractivity contribution in [3.8, 4) is 0 Å². The Hall–Kier alpha value is -3.62. The molecule has 0 spiro atoms. The number of urea groups is 1. The van der Waals surface area contributed by atoms with Crippen molar-refractivity contribution in [1.29, 1.82) is 0 Å². The number of nitrogens with zero attached hydrogens (tertiary/aromatic N) is 1. The first-order valence-corrected chi connectivity index (χ1v) is 9.07. The average molecular weight is 398 g/mol. The third-order valence-corrected chi connectivity index (χ3v) is 5.16. The van der Waals surface area contributed by atoms with Gasteiger partial charge in [-0.2, -0.15) is 5.01 Å². The number of carbonyl (C=O) groups is 4. The first kappa shape index (κ1) is 20.1. The molecule has 1 saturated heterocycles. The van der Waals surface area contributed by atoms with E-state index in [-0.39, 0.29) is 11.3 Å². The molecule has 0 saturated carbocycles. The van der Waals surface area contributed by atoms with Gasteiger partial charge in [-0.1, -0.05) is 37.3 Å². The smallest absolute Gasteiger partial charge is 0.344 e. The van der Waals surface area contributed by atoms with Gasteiger partial charge in [0.1, 0.15) is 11.2 Å². The predicted octanol–water partition coefficient (Wildman–Crippen LogP) is 1.92. The van der Waals surface area contributed by atoms with E-state index in [0.29, 0.717) is 28.3 Å². The molecule has 29 heavy (non-hydrogen) atoms. The Morgan fingerprint density at radius 3 is 2.41 bits per heavy atom. The largest absolute Gasteiger partial charge is 0.465 e. The zero-order valence-corrected chi connectivity index (χ0v) is 16.6. The van der Waals surface area contributed by atoms with Crippen molar-refractivity contribution in [2.24, 2.45) is 0 Å². The highest BCUT2D eigenvalue weighted by Gasteiger charge is 2.52. The van der Waals surface area contributed by atoms with E-state index < -0.39 is 29.4 Å². The van der Waals surface area contributed by atoms with Gasteiger partial charge in [-0.25, -0.2) is 9.59 Å². The Morgan fingerprint density at radius 1 is 1.17 bits per heavy atom. The number of amides is 4. The van der Waals surface area contributed by atoms with Crippen LogP contribution in [0.25, 0.3) is 0 Å². The molecule has 1 aliphatic rings. The first-order chi connectivity index (χ1) is 13.8. The van der Waals surface area contributed by atoms with Gasteiger partial charge in [0.25, 0.3) is 11.8 Å². The summed E-state index contributed by atoms with van der Waals surface area (Å²) in [6, 6.07) is 8.10. The molecule has 9 heteroatoms. The van der Waals surface area contributed by atoms with Gasteiger partial charge in [0.2, 0.25) is 0 Å². The average Bonchev–Trinajstić information content (AvgIpc) is 3.16. The van der Waals surface area contributed by atoms with E-state index in [4.69, 9.17) is 4.74 Å². The van der Waals surface area contributed by atoms with Crippen molar-refractivity contribution in [3.63, 3.8) is 0 Å². The zero-order chi connectivity index (χ0) is 21.3. The molecular formula is C20H22N4O5. The molecule has 0 unspecified atom stereocenters. The zero-order valence-electron chi connectivity index (χ0n) is 16.6. The fourth-order valence-corrected chi connectivity index (χ4v) is 3.58. The lowest BCUT2D eigenvalue weighted by atomic mass is 9.87. The van der Waals surface area contributed by atoms with Crippen LogP contribution in [0.5, 0.6) is 0 Å². The molecule has 3 rings (SSSR count). The Bertz CT molecular complexity index is 998. The molecule has 1 fully saturated rings. The normalized spacial score (nSPS) is 18.6. The van der Waals surface area contributed by atoms with E-state index in [0.717, 1.165) is 0 Å². The Balaban J connectivity index is 1.90. The van der Waals surface area contributed by atoms with Crippen LogP contribution in [0.4, 0.5) is 4.79 Å². The standard InChI is InChI=1S/C20H22N4O5/c1-5-20(13-9-7-6-8-10-13)18(27)24(19(28)22-20)23-16(25)15-11(2)14(12(3)21-15)17(26)29-4/h6-10,21H,5H2,1-4H3,(H,22,28)(H,23,25)/t20-/m1/s1. The summed E-state index contributed by atoms with van der Waals surface area (Å²) in [4.78, 5) is 53.1. The van der Waals surface area contributed by atoms with Gasteiger partial charge in [0.05, 0.1) is 12.7 Å². The molecule has 152 valence electrons. The van der Waals surface area contributed by atoms with Gasteiger partial charge in [-0.15, -0.1) is 0 Å². The second-order valence-electron chi connectivity index (χ2n) is 6.75. The summed E-state index contributed by atoms with van der Waals surface area (Å²) in [6.45, 7) is 4.98. The number of nitrogens with one attached hydrogen (secondary N) is 3. The third-order valence-electron chi connectivity index (χ3n) is 5.16. The van der Waals surface area contributed by atoms with Gasteiger partial charge in [-0.3, -0.25) is 15.0 Å². The molecule has 4 amide bonds. The lowest BCUT2D eigenvalue weighted by Gasteiger charge is -2.25. The number of hydrazine groups is 1. The van der Waals surface area contributed by atoms with Crippen LogP contribution in [0.3, 0.4) is 0 Å². The van der Waals surface area contributed by atoms with E-state index in [1.165, 1.54) is 7.11 Å². The van der Waals surface area contributed by atoms with Crippen molar-refractivity contribution in [3.05, 3.63) is 58.4 Å². The summed E-state index contributed by atoms with van der Waals surface area (Å²) in [5.41, 5.74) is 2.82. The van der Waals surface area contributed by atoms with Crippen LogP contribution in [0.1, 0.15) is 51.0 Å². The Kier molecular flexibility index (Phi) is 5.15. The number of imide groups is 1. The SMILES string of the molecule is CC[C@]1(c2ccccc2)NC(=O)N(NC(=O)c2[nH]c(C)c(C(=O)OC)c2C)C1=O. The van der Waals surface area contributed by atoms with Gasteiger partial charge in [0.15, 0.2) is 0 Å². The number of aryl methyl sites for hydroxylation is 1. The monoisotopic (exact) mass is 398 g/mol. The molecule has 1 aliphatic heterocycles. The topological polar surface area (TPSA) is 121 Å². The number of methoxy groups -OCH3 is 1. The maximum atomic E-state index is 13.1. The van der Waals surface area contributed by atoms with Crippen molar-refractivity contribution in [2.45, 2.75) is 32.7 Å². The first-order valence-electron chi connectivity index (χ1n) is 9.07. The minimum atomic E-state index is -1.26. The highest BCUT2D eigenvalue weighted by molar-refractivity contribution is 6.10. The molecule has 0 bridgehead atoms. The summed E-state index contributed by atoms with van der Waals surface area (Å²) in [7, 11) is 1.25. The van der Waals surface area contributed by atoms with Crippen molar-refractivity contribution in [2.75, 3.05) is 7.11 Å². The van der Waals surface area contributed by atoms with Crippen LogP contribution in [0, 0.1) is 13.8 Å². The summed E-state index contributed by atoms with van der Waals surface area (Å²) < 4.78 is 4.73. The number of aromatic amines is 1. The van der Waals surface area contributed by atoms with E-state index >= 15 is 0 Å². The second kappa shape index (κ2) is 7.42. The molecule has 1 aromatic heterocycles. The molecule has 1 aromatic carbocycles. The Labute approximate surface area is 167 Å². The number of esters is 1. The predicted molar refractivity (Wildman–Crippen MR) is 103 cm³/mol. The minimum absolute atomic E-state index is 0.0669. The number of hydrogen-bond donors (Lipinski definition) is 3. The summed E-state index contributed by atoms with van der Waals surface area (Å²) in [5.74, 6) is -1.89. The van der Waals surface area contributed by atoms with E-state index in [1.807, 2.05) is 6.07 Å². The fourth-order valence-electron chi connectivity index (χ4n) is 3.58. The number of carbonyl (C=O) groups excluding carboxylic acids is 4. The number of aromatic nitrogens is 1. The van der Waals surface area contributed by atoms with Gasteiger partial charge in [-0.05, 0) is 31.4 Å². The maximum Gasteiger partial charge on any atom is 0.344 e. The molecule has 1 atom stereocenters. The quantitative estimate of drug-likeness (QED) is 0.525. The van der Waals surface area contributed by atoms with E-state index in [1.54, 1.807) is 45.0 Å². The number of ether oxygens (including phenoxy) is 1. The Morgan fingerprint density at radius 2 is 1.83 bits per heavy atom. The van der Waals surface area contributed by atoms with Crippen LogP contribution in [0.2, 0.25) is 0 Å². The number of rotatable bonds is 5. The van der Waals surface area contributed by atoms with Crippen LogP contribution in [-0.4, -0.2) is 40.9 Å². The molecule has 0 radical (unpaired) electrons. The van der Waals surface area contributed by atoms with Crippen LogP contribution >= 0.6 is 0 Å². The van der Waals surface area contributed by atoms with Crippen LogP contribution in [-0.2, 0) is 15.1 Å². The van der Waals surface area contributed by atoms with Crippen LogP contribution in [0.15, 0.2) is 30.3 Å². The van der Waals surface area contributed by atoms with Crippen LogP contribution < -0.4 is 10.7 Å². The van der Waals surface area contributed by atoms with E-state index in [2.05, 4.69) is 15.7 Å².